The Hall–Kier alpha value is 3.37. The van der Waals surface area contributed by atoms with Gasteiger partial charge in [-0.3, -0.25) is 0 Å². The van der Waals surface area contributed by atoms with Gasteiger partial charge in [0.1, 0.15) is 0 Å². The van der Waals surface area contributed by atoms with E-state index in [1.54, 1.807) is 0 Å². The van der Waals surface area contributed by atoms with E-state index in [2.05, 4.69) is 0 Å². The summed E-state index contributed by atoms with van der Waals surface area (Å²) in [5.74, 6) is 0. The summed E-state index contributed by atoms with van der Waals surface area (Å²) >= 11 is 0. The van der Waals surface area contributed by atoms with Crippen molar-refractivity contribution in [1.29, 1.82) is 0 Å². The molecule has 0 aromatic carbocycles. The monoisotopic (exact) mass is 434 g/mol. The molecule has 0 N–H and O–H groups in total. The van der Waals surface area contributed by atoms with Crippen LogP contribution in [0.3, 0.4) is 0 Å². The predicted molar refractivity (Wildman–Crippen MR) is 55.2 cm³/mol. The molecule has 0 saturated carbocycles. The summed E-state index contributed by atoms with van der Waals surface area (Å²) in [5, 5.41) is 0. The zero-order valence-electron chi connectivity index (χ0n) is 3.92. The zero-order chi connectivity index (χ0) is 7.65. The van der Waals surface area contributed by atoms with Crippen LogP contribution in [-0.4, -0.2) is 28.5 Å². The molecule has 0 spiro atoms. The Morgan fingerprint density at radius 1 is 0.889 bits per heavy atom. The predicted octanol–water partition coefficient (Wildman–Crippen LogP) is 2.46. The maximum atomic E-state index is 5.79. The Bertz CT molecular complexity index is 82.8. The van der Waals surface area contributed by atoms with E-state index in [0.717, 1.165) is 0 Å². The summed E-state index contributed by atoms with van der Waals surface area (Å²) in [4.78, 5) is 0. The Morgan fingerprint density at radius 3 is 1.22 bits per heavy atom. The minimum absolute atomic E-state index is 2.22. The fourth-order valence-electron chi connectivity index (χ4n) is 0.143. The van der Waals surface area contributed by atoms with E-state index in [-0.39, 0.29) is 0 Å². The van der Waals surface area contributed by atoms with Gasteiger partial charge in [0.2, 0.25) is 0 Å². The fraction of sp³-hybridized carbons (Fsp3) is 0. The van der Waals surface area contributed by atoms with E-state index in [1.165, 1.54) is 0 Å². The molecular weight excluding hydrogens is 431 g/mol. The number of hydrogen-bond donors (Lipinski definition) is 0. The van der Waals surface area contributed by atoms with Gasteiger partial charge in [0.25, 0.3) is 0 Å². The van der Waals surface area contributed by atoms with E-state index in [4.69, 9.17) is 60.1 Å². The van der Waals surface area contributed by atoms with Crippen molar-refractivity contribution in [2.45, 2.75) is 0 Å². The molecule has 0 radical (unpaired) electrons. The summed E-state index contributed by atoms with van der Waals surface area (Å²) in [7, 11) is 26.3. The van der Waals surface area contributed by atoms with Crippen LogP contribution < -0.4 is 0 Å². The SMILES string of the molecule is [Cl][GeH]([Cl])[GeH]([Cl])[Ge]([Cl])([Cl])[Cl]. The van der Waals surface area contributed by atoms with E-state index in [0.29, 0.717) is 0 Å². The van der Waals surface area contributed by atoms with E-state index >= 15 is 0 Å². The average Bonchev–Trinajstić information content (AvgIpc) is 1.62. The molecular formula is H2Cl6Ge3. The van der Waals surface area contributed by atoms with Crippen LogP contribution in [0.15, 0.2) is 0 Å². The normalized spacial score (nSPS) is 16.3. The summed E-state index contributed by atoms with van der Waals surface area (Å²) in [6, 6.07) is 0. The summed E-state index contributed by atoms with van der Waals surface area (Å²) in [5.41, 5.74) is 0. The first kappa shape index (κ1) is 12.4. The van der Waals surface area contributed by atoms with Crippen LogP contribution in [0.1, 0.15) is 0 Å². The quantitative estimate of drug-likeness (QED) is 0.588. The van der Waals surface area contributed by atoms with Crippen molar-refractivity contribution in [3.63, 3.8) is 0 Å². The van der Waals surface area contributed by atoms with Crippen molar-refractivity contribution in [1.82, 2.24) is 0 Å². The van der Waals surface area contributed by atoms with E-state index in [1.807, 2.05) is 0 Å². The molecule has 0 aliphatic carbocycles. The standard InChI is InChI=1S/Cl6Ge3H2/c1-7(2)8(3)9(4,5)6/h7-8H. The Morgan fingerprint density at radius 2 is 1.22 bits per heavy atom. The number of hydrogen-bond acceptors (Lipinski definition) is 0. The molecule has 0 fully saturated rings. The topological polar surface area (TPSA) is 0 Å². The van der Waals surface area contributed by atoms with Gasteiger partial charge in [-0.15, -0.1) is 0 Å². The Kier molecular flexibility index (Phi) is 7.11. The third kappa shape index (κ3) is 5.58. The molecule has 9 heavy (non-hydrogen) atoms. The second-order valence-corrected chi connectivity index (χ2v) is 103. The van der Waals surface area contributed by atoms with Crippen LogP contribution >= 0.6 is 60.1 Å². The Balaban J connectivity index is 3.88. The minimum atomic E-state index is -3.09. The van der Waals surface area contributed by atoms with Crippen molar-refractivity contribution in [3.05, 3.63) is 0 Å². The van der Waals surface area contributed by atoms with Crippen LogP contribution in [0.5, 0.6) is 0 Å². The van der Waals surface area contributed by atoms with Crippen LogP contribution in [-0.2, 0) is 0 Å². The number of rotatable bonds is 2. The first-order chi connectivity index (χ1) is 3.85. The van der Waals surface area contributed by atoms with E-state index < -0.39 is 28.5 Å². The van der Waals surface area contributed by atoms with Gasteiger partial charge >= 0.3 is 88.6 Å². The first-order valence-electron chi connectivity index (χ1n) is 1.84. The van der Waals surface area contributed by atoms with Crippen LogP contribution in [0.4, 0.5) is 0 Å². The second kappa shape index (κ2) is 5.17. The molecule has 1 unspecified atom stereocenters. The van der Waals surface area contributed by atoms with Crippen molar-refractivity contribution >= 4 is 88.6 Å². The van der Waals surface area contributed by atoms with Gasteiger partial charge in [-0.05, 0) is 0 Å². The molecule has 0 aliphatic rings. The van der Waals surface area contributed by atoms with Crippen molar-refractivity contribution in [2.75, 3.05) is 0 Å². The van der Waals surface area contributed by atoms with Gasteiger partial charge in [0, 0.05) is 0 Å². The molecule has 0 heterocycles. The van der Waals surface area contributed by atoms with Crippen LogP contribution in [0.2, 0.25) is 0 Å². The van der Waals surface area contributed by atoms with Crippen molar-refractivity contribution in [3.8, 4) is 0 Å². The first-order valence-corrected chi connectivity index (χ1v) is 35.8. The molecule has 0 aromatic heterocycles. The zero-order valence-corrected chi connectivity index (χ0v) is 15.4. The molecule has 0 amide bonds. The van der Waals surface area contributed by atoms with Gasteiger partial charge in [-0.25, -0.2) is 0 Å². The third-order valence-electron chi connectivity index (χ3n) is 0.534. The van der Waals surface area contributed by atoms with Gasteiger partial charge < -0.3 is 0 Å². The molecule has 0 bridgehead atoms. The molecule has 1 atom stereocenters. The van der Waals surface area contributed by atoms with Gasteiger partial charge in [0.15, 0.2) is 0 Å². The molecule has 0 aromatic rings. The third-order valence-corrected chi connectivity index (χ3v) is 186. The molecule has 0 rings (SSSR count). The molecule has 0 aliphatic heterocycles. The fourth-order valence-corrected chi connectivity index (χ4v) is 180. The molecule has 0 saturated heterocycles. The molecule has 56 valence electrons. The summed E-state index contributed by atoms with van der Waals surface area (Å²) < 4.78 is 0. The number of halogens is 6. The Labute approximate surface area is 86.9 Å². The van der Waals surface area contributed by atoms with Gasteiger partial charge in [-0.2, -0.15) is 0 Å². The van der Waals surface area contributed by atoms with Crippen molar-refractivity contribution in [2.24, 2.45) is 0 Å². The van der Waals surface area contributed by atoms with Gasteiger partial charge in [-0.1, -0.05) is 0 Å². The summed E-state index contributed by atoms with van der Waals surface area (Å²) in [6.45, 7) is 0. The second-order valence-electron chi connectivity index (χ2n) is 1.28. The maximum absolute atomic E-state index is 5.79. The summed E-state index contributed by atoms with van der Waals surface area (Å²) in [6.07, 6.45) is 0. The van der Waals surface area contributed by atoms with Crippen LogP contribution in [0, 0.1) is 0 Å². The van der Waals surface area contributed by atoms with E-state index in [9.17, 15) is 0 Å². The average molecular weight is 433 g/mol. The molecule has 9 heteroatoms. The van der Waals surface area contributed by atoms with Crippen LogP contribution in [0.25, 0.3) is 0 Å². The van der Waals surface area contributed by atoms with Crippen molar-refractivity contribution < 1.29 is 0 Å². The molecule has 0 nitrogen and oxygen atoms in total. The van der Waals surface area contributed by atoms with Gasteiger partial charge in [0.05, 0.1) is 0 Å².